The minimum absolute atomic E-state index is 0.0816. The molecule has 0 aliphatic carbocycles. The molecule has 1 aliphatic heterocycles. The number of amides is 2. The van der Waals surface area contributed by atoms with Gasteiger partial charge >= 0.3 is 0 Å². The standard InChI is InChI=1S/C25H25N3O4S/c1-27(25(30)23-9-6-14-33-23)16-24(29)28-21(19-7-4-5-8-22(19)32-3)15-20(26-28)17-10-12-18(31-2)13-11-17/h4-14,21H,15-16H2,1-3H3/t21-/m0/s1. The molecule has 0 saturated carbocycles. The molecular weight excluding hydrogens is 438 g/mol. The van der Waals surface area contributed by atoms with E-state index in [1.54, 1.807) is 27.3 Å². The fraction of sp³-hybridized carbons (Fsp3) is 0.240. The van der Waals surface area contributed by atoms with Gasteiger partial charge in [0.15, 0.2) is 0 Å². The minimum Gasteiger partial charge on any atom is -0.497 e. The van der Waals surface area contributed by atoms with Gasteiger partial charge in [0.25, 0.3) is 11.8 Å². The van der Waals surface area contributed by atoms with Crippen LogP contribution >= 0.6 is 11.3 Å². The summed E-state index contributed by atoms with van der Waals surface area (Å²) in [5.41, 5.74) is 2.57. The van der Waals surface area contributed by atoms with Crippen molar-refractivity contribution in [3.05, 3.63) is 82.0 Å². The highest BCUT2D eigenvalue weighted by Crippen LogP contribution is 2.37. The largest absolute Gasteiger partial charge is 0.497 e. The Kier molecular flexibility index (Phi) is 6.74. The van der Waals surface area contributed by atoms with Gasteiger partial charge in [-0.1, -0.05) is 24.3 Å². The first-order valence-corrected chi connectivity index (χ1v) is 11.4. The normalized spacial score (nSPS) is 15.2. The first kappa shape index (κ1) is 22.5. The van der Waals surface area contributed by atoms with Gasteiger partial charge in [0.1, 0.15) is 18.0 Å². The number of nitrogens with zero attached hydrogens (tertiary/aromatic N) is 3. The van der Waals surface area contributed by atoms with Crippen molar-refractivity contribution in [3.8, 4) is 11.5 Å². The summed E-state index contributed by atoms with van der Waals surface area (Å²) in [6.45, 7) is -0.0816. The number of ether oxygens (including phenoxy) is 2. The van der Waals surface area contributed by atoms with Gasteiger partial charge < -0.3 is 14.4 Å². The molecule has 2 amide bonds. The number of carbonyl (C=O) groups is 2. The molecule has 1 aliphatic rings. The maximum Gasteiger partial charge on any atom is 0.264 e. The van der Waals surface area contributed by atoms with E-state index in [0.717, 1.165) is 22.6 Å². The summed E-state index contributed by atoms with van der Waals surface area (Å²) < 4.78 is 10.8. The number of rotatable bonds is 7. The first-order chi connectivity index (χ1) is 16.0. The zero-order valence-corrected chi connectivity index (χ0v) is 19.5. The van der Waals surface area contributed by atoms with Crippen LogP contribution in [0.2, 0.25) is 0 Å². The van der Waals surface area contributed by atoms with E-state index in [9.17, 15) is 9.59 Å². The second kappa shape index (κ2) is 9.87. The number of hydrogen-bond acceptors (Lipinski definition) is 6. The average molecular weight is 464 g/mol. The quantitative estimate of drug-likeness (QED) is 0.526. The van der Waals surface area contributed by atoms with Crippen LogP contribution < -0.4 is 9.47 Å². The first-order valence-electron chi connectivity index (χ1n) is 10.5. The molecule has 3 aromatic rings. The Morgan fingerprint density at radius 2 is 1.82 bits per heavy atom. The van der Waals surface area contributed by atoms with Crippen molar-refractivity contribution in [2.45, 2.75) is 12.5 Å². The second-order valence-corrected chi connectivity index (χ2v) is 8.56. The van der Waals surface area contributed by atoms with Gasteiger partial charge in [-0.25, -0.2) is 5.01 Å². The molecule has 8 heteroatoms. The molecular formula is C25H25N3O4S. The lowest BCUT2D eigenvalue weighted by molar-refractivity contribution is -0.133. The van der Waals surface area contributed by atoms with Gasteiger partial charge in [-0.2, -0.15) is 5.10 Å². The third-order valence-electron chi connectivity index (χ3n) is 5.54. The molecule has 0 bridgehead atoms. The van der Waals surface area contributed by atoms with Gasteiger partial charge in [0.2, 0.25) is 0 Å². The summed E-state index contributed by atoms with van der Waals surface area (Å²) in [5, 5.41) is 8.01. The number of likely N-dealkylation sites (N-methyl/N-ethyl adjacent to an activating group) is 1. The third kappa shape index (κ3) is 4.75. The molecule has 0 fully saturated rings. The maximum atomic E-state index is 13.4. The number of para-hydroxylation sites is 1. The van der Waals surface area contributed by atoms with Gasteiger partial charge in [-0.3, -0.25) is 9.59 Å². The van der Waals surface area contributed by atoms with Crippen molar-refractivity contribution in [2.24, 2.45) is 5.10 Å². The van der Waals surface area contributed by atoms with Gasteiger partial charge in [-0.05, 0) is 47.3 Å². The van der Waals surface area contributed by atoms with Crippen molar-refractivity contribution in [1.82, 2.24) is 9.91 Å². The van der Waals surface area contributed by atoms with Crippen LogP contribution in [0.15, 0.2) is 71.1 Å². The lowest BCUT2D eigenvalue weighted by Crippen LogP contribution is -2.39. The minimum atomic E-state index is -0.337. The van der Waals surface area contributed by atoms with Crippen LogP contribution in [-0.4, -0.2) is 55.2 Å². The van der Waals surface area contributed by atoms with E-state index < -0.39 is 0 Å². The molecule has 0 N–H and O–H groups in total. The van der Waals surface area contributed by atoms with E-state index in [2.05, 4.69) is 0 Å². The summed E-state index contributed by atoms with van der Waals surface area (Å²) in [7, 11) is 4.86. The molecule has 0 unspecified atom stereocenters. The Morgan fingerprint density at radius 3 is 2.48 bits per heavy atom. The molecule has 2 aromatic carbocycles. The highest BCUT2D eigenvalue weighted by Gasteiger charge is 2.35. The van der Waals surface area contributed by atoms with Gasteiger partial charge in [0, 0.05) is 19.0 Å². The average Bonchev–Trinajstić information content (AvgIpc) is 3.54. The summed E-state index contributed by atoms with van der Waals surface area (Å²) in [6, 6.07) is 18.4. The SMILES string of the molecule is COc1ccc(C2=NN(C(=O)CN(C)C(=O)c3cccs3)[C@H](c3ccccc3OC)C2)cc1. The van der Waals surface area contributed by atoms with Crippen LogP contribution in [0.25, 0.3) is 0 Å². The predicted octanol–water partition coefficient (Wildman–Crippen LogP) is 4.22. The number of hydrazone groups is 1. The molecule has 4 rings (SSSR count). The highest BCUT2D eigenvalue weighted by molar-refractivity contribution is 7.12. The van der Waals surface area contributed by atoms with Crippen molar-refractivity contribution >= 4 is 28.9 Å². The van der Waals surface area contributed by atoms with Crippen LogP contribution in [0.1, 0.15) is 33.3 Å². The van der Waals surface area contributed by atoms with Gasteiger partial charge in [-0.15, -0.1) is 11.3 Å². The van der Waals surface area contributed by atoms with Crippen LogP contribution in [0.5, 0.6) is 11.5 Å². The number of methoxy groups -OCH3 is 2. The number of thiophene rings is 1. The Hall–Kier alpha value is -3.65. The van der Waals surface area contributed by atoms with Crippen molar-refractivity contribution in [1.29, 1.82) is 0 Å². The molecule has 0 spiro atoms. The third-order valence-corrected chi connectivity index (χ3v) is 6.40. The Bertz CT molecular complexity index is 1160. The fourth-order valence-corrected chi connectivity index (χ4v) is 4.54. The van der Waals surface area contributed by atoms with E-state index in [1.807, 2.05) is 60.0 Å². The topological polar surface area (TPSA) is 71.4 Å². The second-order valence-electron chi connectivity index (χ2n) is 7.61. The van der Waals surface area contributed by atoms with E-state index in [4.69, 9.17) is 14.6 Å². The zero-order valence-electron chi connectivity index (χ0n) is 18.7. The highest BCUT2D eigenvalue weighted by atomic mass is 32.1. The molecule has 0 saturated heterocycles. The van der Waals surface area contributed by atoms with Crippen molar-refractivity contribution in [3.63, 3.8) is 0 Å². The molecule has 2 heterocycles. The summed E-state index contributed by atoms with van der Waals surface area (Å²) in [5.74, 6) is 0.988. The van der Waals surface area contributed by atoms with Crippen LogP contribution in [0.3, 0.4) is 0 Å². The van der Waals surface area contributed by atoms with Crippen LogP contribution in [-0.2, 0) is 4.79 Å². The maximum absolute atomic E-state index is 13.4. The number of benzene rings is 2. The molecule has 1 aromatic heterocycles. The van der Waals surface area contributed by atoms with E-state index in [1.165, 1.54) is 21.2 Å². The van der Waals surface area contributed by atoms with Crippen molar-refractivity contribution < 1.29 is 19.1 Å². The number of hydrogen-bond donors (Lipinski definition) is 0. The molecule has 170 valence electrons. The Labute approximate surface area is 196 Å². The lowest BCUT2D eigenvalue weighted by Gasteiger charge is -2.25. The summed E-state index contributed by atoms with van der Waals surface area (Å²) >= 11 is 1.35. The predicted molar refractivity (Wildman–Crippen MR) is 128 cm³/mol. The van der Waals surface area contributed by atoms with Crippen molar-refractivity contribution in [2.75, 3.05) is 27.8 Å². The lowest BCUT2D eigenvalue weighted by atomic mass is 9.97. The fourth-order valence-electron chi connectivity index (χ4n) is 3.82. The van der Waals surface area contributed by atoms with Gasteiger partial charge in [0.05, 0.1) is 30.9 Å². The van der Waals surface area contributed by atoms with E-state index in [0.29, 0.717) is 17.0 Å². The smallest absolute Gasteiger partial charge is 0.264 e. The molecule has 0 radical (unpaired) electrons. The van der Waals surface area contributed by atoms with E-state index in [-0.39, 0.29) is 24.4 Å². The molecule has 7 nitrogen and oxygen atoms in total. The monoisotopic (exact) mass is 463 g/mol. The van der Waals surface area contributed by atoms with Crippen LogP contribution in [0.4, 0.5) is 0 Å². The Balaban J connectivity index is 1.63. The van der Waals surface area contributed by atoms with Crippen LogP contribution in [0, 0.1) is 0 Å². The van der Waals surface area contributed by atoms with E-state index >= 15 is 0 Å². The molecule has 33 heavy (non-hydrogen) atoms. The summed E-state index contributed by atoms with van der Waals surface area (Å²) in [6.07, 6.45) is 0.529. The zero-order chi connectivity index (χ0) is 23.4. The summed E-state index contributed by atoms with van der Waals surface area (Å²) in [4.78, 5) is 28.0. The molecule has 1 atom stereocenters. The number of carbonyl (C=O) groups excluding carboxylic acids is 2. The Morgan fingerprint density at radius 1 is 1.06 bits per heavy atom.